The summed E-state index contributed by atoms with van der Waals surface area (Å²) in [7, 11) is 3.16. The molecule has 3 atom stereocenters. The highest BCUT2D eigenvalue weighted by molar-refractivity contribution is 4.94. The minimum absolute atomic E-state index is 0.0943. The van der Waals surface area contributed by atoms with Crippen LogP contribution in [0.25, 0.3) is 0 Å². The molecule has 1 saturated heterocycles. The second-order valence-corrected chi connectivity index (χ2v) is 3.79. The van der Waals surface area contributed by atoms with Crippen molar-refractivity contribution < 1.29 is 18.9 Å². The van der Waals surface area contributed by atoms with Crippen molar-refractivity contribution in [1.82, 2.24) is 0 Å². The van der Waals surface area contributed by atoms with Crippen molar-refractivity contribution >= 4 is 0 Å². The lowest BCUT2D eigenvalue weighted by Crippen LogP contribution is -2.62. The zero-order valence-electron chi connectivity index (χ0n) is 10.1. The molecule has 0 amide bonds. The van der Waals surface area contributed by atoms with Gasteiger partial charge < -0.3 is 18.9 Å². The van der Waals surface area contributed by atoms with Gasteiger partial charge >= 0.3 is 0 Å². The molecule has 0 N–H and O–H groups in total. The number of methoxy groups -OCH3 is 2. The van der Waals surface area contributed by atoms with E-state index in [1.165, 1.54) is 0 Å². The second-order valence-electron chi connectivity index (χ2n) is 3.79. The first kappa shape index (κ1) is 12.6. The predicted molar refractivity (Wildman–Crippen MR) is 56.5 cm³/mol. The van der Waals surface area contributed by atoms with E-state index in [2.05, 4.69) is 0 Å². The summed E-state index contributed by atoms with van der Waals surface area (Å²) in [6, 6.07) is 0. The summed E-state index contributed by atoms with van der Waals surface area (Å²) in [5.74, 6) is -1.77. The largest absolute Gasteiger partial charge is 0.349 e. The molecule has 0 unspecified atom stereocenters. The van der Waals surface area contributed by atoms with Crippen molar-refractivity contribution in [2.75, 3.05) is 20.8 Å². The van der Waals surface area contributed by atoms with Gasteiger partial charge in [0.15, 0.2) is 0 Å². The summed E-state index contributed by atoms with van der Waals surface area (Å²) in [5.41, 5.74) is 0. The van der Waals surface area contributed by atoms with E-state index in [0.717, 1.165) is 0 Å². The van der Waals surface area contributed by atoms with E-state index >= 15 is 0 Å². The molecule has 0 aromatic carbocycles. The third kappa shape index (κ3) is 2.23. The molecule has 1 aliphatic heterocycles. The Balaban J connectivity index is 2.83. The van der Waals surface area contributed by atoms with Crippen LogP contribution in [0.2, 0.25) is 0 Å². The summed E-state index contributed by atoms with van der Waals surface area (Å²) in [6.45, 7) is 6.03. The Labute approximate surface area is 91.1 Å². The van der Waals surface area contributed by atoms with E-state index in [0.29, 0.717) is 6.61 Å². The van der Waals surface area contributed by atoms with Crippen LogP contribution in [0.1, 0.15) is 20.8 Å². The lowest BCUT2D eigenvalue weighted by Gasteiger charge is -2.48. The van der Waals surface area contributed by atoms with Gasteiger partial charge in [0, 0.05) is 14.2 Å². The maximum atomic E-state index is 5.81. The molecule has 4 heteroatoms. The maximum Gasteiger partial charge on any atom is 0.220 e. The van der Waals surface area contributed by atoms with Crippen LogP contribution in [0.15, 0.2) is 12.2 Å². The molecule has 4 nitrogen and oxygen atoms in total. The van der Waals surface area contributed by atoms with Gasteiger partial charge in [0.05, 0.1) is 6.61 Å². The minimum Gasteiger partial charge on any atom is -0.349 e. The van der Waals surface area contributed by atoms with E-state index in [4.69, 9.17) is 18.9 Å². The smallest absolute Gasteiger partial charge is 0.220 e. The molecule has 0 saturated carbocycles. The third-order valence-electron chi connectivity index (χ3n) is 2.91. The van der Waals surface area contributed by atoms with Crippen LogP contribution >= 0.6 is 0 Å². The van der Waals surface area contributed by atoms with Gasteiger partial charge in [-0.05, 0) is 20.8 Å². The van der Waals surface area contributed by atoms with Gasteiger partial charge in [-0.2, -0.15) is 0 Å². The Kier molecular flexibility index (Phi) is 3.89. The Hall–Kier alpha value is -0.420. The summed E-state index contributed by atoms with van der Waals surface area (Å²) in [4.78, 5) is 0. The molecule has 0 bridgehead atoms. The molecule has 1 aliphatic rings. The molecule has 0 aromatic heterocycles. The molecular formula is C11H20O4. The monoisotopic (exact) mass is 216 g/mol. The van der Waals surface area contributed by atoms with Gasteiger partial charge in [-0.3, -0.25) is 0 Å². The van der Waals surface area contributed by atoms with Gasteiger partial charge in [0.25, 0.3) is 0 Å². The predicted octanol–water partition coefficient (Wildman–Crippen LogP) is 1.70. The van der Waals surface area contributed by atoms with Crippen LogP contribution in [-0.2, 0) is 18.9 Å². The van der Waals surface area contributed by atoms with Gasteiger partial charge in [-0.25, -0.2) is 0 Å². The Morgan fingerprint density at radius 2 is 1.80 bits per heavy atom. The van der Waals surface area contributed by atoms with E-state index in [-0.39, 0.29) is 6.10 Å². The second kappa shape index (κ2) is 4.61. The fourth-order valence-electron chi connectivity index (χ4n) is 1.59. The molecule has 1 heterocycles. The van der Waals surface area contributed by atoms with E-state index < -0.39 is 11.6 Å². The highest BCUT2D eigenvalue weighted by Crippen LogP contribution is 2.36. The van der Waals surface area contributed by atoms with Crippen LogP contribution in [-0.4, -0.2) is 38.5 Å². The van der Waals surface area contributed by atoms with Crippen molar-refractivity contribution in [3.05, 3.63) is 12.2 Å². The average Bonchev–Trinajstić information content (AvgIpc) is 2.24. The van der Waals surface area contributed by atoms with Crippen LogP contribution < -0.4 is 0 Å². The van der Waals surface area contributed by atoms with Crippen LogP contribution in [0.4, 0.5) is 0 Å². The third-order valence-corrected chi connectivity index (χ3v) is 2.91. The van der Waals surface area contributed by atoms with Crippen LogP contribution in [0.5, 0.6) is 0 Å². The number of allylic oxidation sites excluding steroid dienone is 1. The van der Waals surface area contributed by atoms with Crippen molar-refractivity contribution in [3.63, 3.8) is 0 Å². The van der Waals surface area contributed by atoms with Crippen molar-refractivity contribution in [2.45, 2.75) is 38.4 Å². The van der Waals surface area contributed by atoms with Gasteiger partial charge in [-0.1, -0.05) is 12.2 Å². The first-order valence-electron chi connectivity index (χ1n) is 5.06. The zero-order valence-corrected chi connectivity index (χ0v) is 10.1. The summed E-state index contributed by atoms with van der Waals surface area (Å²) in [6.07, 6.45) is 3.77. The highest BCUT2D eigenvalue weighted by atomic mass is 16.8. The summed E-state index contributed by atoms with van der Waals surface area (Å²) >= 11 is 0. The fourth-order valence-corrected chi connectivity index (χ4v) is 1.59. The Morgan fingerprint density at radius 3 is 2.27 bits per heavy atom. The molecule has 1 rings (SSSR count). The quantitative estimate of drug-likeness (QED) is 0.673. The Morgan fingerprint density at radius 1 is 1.20 bits per heavy atom. The van der Waals surface area contributed by atoms with Crippen LogP contribution in [0, 0.1) is 0 Å². The number of rotatable bonds is 3. The number of hydrogen-bond donors (Lipinski definition) is 0. The van der Waals surface area contributed by atoms with E-state index in [1.54, 1.807) is 14.2 Å². The molecule has 0 aliphatic carbocycles. The van der Waals surface area contributed by atoms with E-state index in [1.807, 2.05) is 32.9 Å². The normalized spacial score (nSPS) is 42.3. The van der Waals surface area contributed by atoms with Crippen molar-refractivity contribution in [2.24, 2.45) is 0 Å². The molecule has 0 radical (unpaired) electrons. The lowest BCUT2D eigenvalue weighted by molar-refractivity contribution is -0.425. The van der Waals surface area contributed by atoms with Crippen LogP contribution in [0.3, 0.4) is 0 Å². The van der Waals surface area contributed by atoms with E-state index in [9.17, 15) is 0 Å². The fraction of sp³-hybridized carbons (Fsp3) is 0.818. The lowest BCUT2D eigenvalue weighted by atomic mass is 10.1. The molecule has 0 spiro atoms. The van der Waals surface area contributed by atoms with Crippen molar-refractivity contribution in [3.8, 4) is 0 Å². The van der Waals surface area contributed by atoms with Gasteiger partial charge in [-0.15, -0.1) is 0 Å². The number of ether oxygens (including phenoxy) is 4. The molecule has 88 valence electrons. The van der Waals surface area contributed by atoms with Crippen molar-refractivity contribution in [1.29, 1.82) is 0 Å². The average molecular weight is 216 g/mol. The molecule has 15 heavy (non-hydrogen) atoms. The number of hydrogen-bond acceptors (Lipinski definition) is 4. The molecule has 0 aromatic rings. The SMILES string of the molecule is C/C=C/[C@H]1CO[C@@](C)(OC)[C@](C)(OC)O1. The molecule has 1 fully saturated rings. The summed E-state index contributed by atoms with van der Waals surface area (Å²) < 4.78 is 22.1. The first-order chi connectivity index (χ1) is 7.01. The highest BCUT2D eigenvalue weighted by Gasteiger charge is 2.52. The molecular weight excluding hydrogens is 196 g/mol. The summed E-state index contributed by atoms with van der Waals surface area (Å²) in [5, 5.41) is 0. The van der Waals surface area contributed by atoms with Gasteiger partial charge in [0.2, 0.25) is 11.6 Å². The standard InChI is InChI=1S/C11H20O4/c1-6-7-9-8-14-10(2,12-4)11(3,13-5)15-9/h6-7,9H,8H2,1-5H3/b7-6+/t9-,10+,11+/m0/s1. The minimum atomic E-state index is -0.899. The Bertz CT molecular complexity index is 241. The van der Waals surface area contributed by atoms with Gasteiger partial charge in [0.1, 0.15) is 6.10 Å². The maximum absolute atomic E-state index is 5.81. The first-order valence-corrected chi connectivity index (χ1v) is 5.06. The zero-order chi connectivity index (χ0) is 11.5. The topological polar surface area (TPSA) is 36.9 Å².